The molecule has 0 saturated carbocycles. The zero-order valence-corrected chi connectivity index (χ0v) is 16.3. The smallest absolute Gasteiger partial charge is 0.227 e. The van der Waals surface area contributed by atoms with Crippen LogP contribution in [0.25, 0.3) is 0 Å². The second-order valence-electron chi connectivity index (χ2n) is 7.40. The molecule has 2 aromatic heterocycles. The van der Waals surface area contributed by atoms with Crippen molar-refractivity contribution in [3.8, 4) is 0 Å². The van der Waals surface area contributed by atoms with Crippen molar-refractivity contribution in [3.05, 3.63) is 40.2 Å². The maximum Gasteiger partial charge on any atom is 0.227 e. The van der Waals surface area contributed by atoms with E-state index in [1.807, 2.05) is 46.0 Å². The van der Waals surface area contributed by atoms with Gasteiger partial charge in [-0.15, -0.1) is 0 Å². The van der Waals surface area contributed by atoms with Gasteiger partial charge in [0.1, 0.15) is 5.82 Å². The van der Waals surface area contributed by atoms with E-state index >= 15 is 0 Å². The average molecular weight is 356 g/mol. The Bertz CT molecular complexity index is 778. The molecule has 2 aromatic rings. The molecular formula is C19H28N6O. The molecule has 1 atom stereocenters. The average Bonchev–Trinajstić information content (AvgIpc) is 3.18. The maximum absolute atomic E-state index is 13.0. The lowest BCUT2D eigenvalue weighted by Gasteiger charge is -2.27. The van der Waals surface area contributed by atoms with E-state index < -0.39 is 0 Å². The summed E-state index contributed by atoms with van der Waals surface area (Å²) >= 11 is 0. The van der Waals surface area contributed by atoms with Crippen molar-refractivity contribution < 1.29 is 4.79 Å². The number of aromatic amines is 1. The Morgan fingerprint density at radius 1 is 1.35 bits per heavy atom. The Hall–Kier alpha value is -2.28. The molecule has 26 heavy (non-hydrogen) atoms. The molecule has 7 heteroatoms. The molecule has 1 N–H and O–H groups in total. The van der Waals surface area contributed by atoms with Crippen molar-refractivity contribution in [1.29, 1.82) is 0 Å². The van der Waals surface area contributed by atoms with Crippen molar-refractivity contribution in [2.24, 2.45) is 0 Å². The number of carbonyl (C=O) groups excluding carboxylic acids is 1. The monoisotopic (exact) mass is 356 g/mol. The summed E-state index contributed by atoms with van der Waals surface area (Å²) in [5.74, 6) is 0.899. The third kappa shape index (κ3) is 3.77. The molecule has 0 spiro atoms. The van der Waals surface area contributed by atoms with E-state index in [4.69, 9.17) is 4.98 Å². The second-order valence-corrected chi connectivity index (χ2v) is 7.40. The molecule has 0 aliphatic carbocycles. The number of nitrogens with zero attached hydrogens (tertiary/aromatic N) is 5. The van der Waals surface area contributed by atoms with E-state index in [1.165, 1.54) is 0 Å². The van der Waals surface area contributed by atoms with Gasteiger partial charge in [0.2, 0.25) is 5.91 Å². The zero-order valence-electron chi connectivity index (χ0n) is 16.3. The molecule has 3 rings (SSSR count). The summed E-state index contributed by atoms with van der Waals surface area (Å²) < 4.78 is 0. The second kappa shape index (κ2) is 7.53. The molecule has 1 amide bonds. The van der Waals surface area contributed by atoms with Crippen LogP contribution in [0.4, 0.5) is 0 Å². The van der Waals surface area contributed by atoms with Crippen LogP contribution in [0, 0.1) is 20.8 Å². The number of likely N-dealkylation sites (tertiary alicyclic amines) is 1. The summed E-state index contributed by atoms with van der Waals surface area (Å²) in [4.78, 5) is 26.2. The van der Waals surface area contributed by atoms with Gasteiger partial charge in [0.25, 0.3) is 0 Å². The SMILES string of the molecule is Cc1ncc(CN(C)C)c([C@@H]2CCCN2C(=O)Cc2c(C)n[nH]c2C)n1. The van der Waals surface area contributed by atoms with E-state index in [2.05, 4.69) is 20.1 Å². The molecular weight excluding hydrogens is 328 g/mol. The summed E-state index contributed by atoms with van der Waals surface area (Å²) in [7, 11) is 4.07. The van der Waals surface area contributed by atoms with Crippen LogP contribution in [0.1, 0.15) is 52.9 Å². The van der Waals surface area contributed by atoms with Crippen LogP contribution in [0.2, 0.25) is 0 Å². The Balaban J connectivity index is 1.86. The molecule has 0 radical (unpaired) electrons. The number of hydrogen-bond acceptors (Lipinski definition) is 5. The summed E-state index contributed by atoms with van der Waals surface area (Å²) in [6, 6.07) is 0.0339. The van der Waals surface area contributed by atoms with Gasteiger partial charge in [-0.25, -0.2) is 9.97 Å². The highest BCUT2D eigenvalue weighted by atomic mass is 16.2. The molecule has 0 bridgehead atoms. The zero-order chi connectivity index (χ0) is 18.8. The molecule has 1 aliphatic rings. The van der Waals surface area contributed by atoms with Crippen molar-refractivity contribution in [2.75, 3.05) is 20.6 Å². The van der Waals surface area contributed by atoms with Gasteiger partial charge >= 0.3 is 0 Å². The van der Waals surface area contributed by atoms with Crippen LogP contribution < -0.4 is 0 Å². The van der Waals surface area contributed by atoms with Crippen LogP contribution in [-0.4, -0.2) is 56.5 Å². The summed E-state index contributed by atoms with van der Waals surface area (Å²) in [6.07, 6.45) is 4.25. The number of nitrogens with one attached hydrogen (secondary N) is 1. The lowest BCUT2D eigenvalue weighted by molar-refractivity contribution is -0.131. The molecule has 3 heterocycles. The first-order chi connectivity index (χ1) is 12.4. The van der Waals surface area contributed by atoms with Gasteiger partial charge in [0.05, 0.1) is 23.9 Å². The van der Waals surface area contributed by atoms with Crippen LogP contribution >= 0.6 is 0 Å². The third-order valence-corrected chi connectivity index (χ3v) is 5.00. The number of rotatable bonds is 5. The summed E-state index contributed by atoms with van der Waals surface area (Å²) in [5.41, 5.74) is 4.97. The first kappa shape index (κ1) is 18.5. The van der Waals surface area contributed by atoms with Crippen LogP contribution in [0.5, 0.6) is 0 Å². The Morgan fingerprint density at radius 2 is 2.12 bits per heavy atom. The quantitative estimate of drug-likeness (QED) is 0.887. The van der Waals surface area contributed by atoms with Gasteiger partial charge in [-0.3, -0.25) is 9.89 Å². The predicted molar refractivity (Wildman–Crippen MR) is 99.6 cm³/mol. The van der Waals surface area contributed by atoms with Gasteiger partial charge in [0, 0.05) is 36.1 Å². The number of amides is 1. The fraction of sp³-hybridized carbons (Fsp3) is 0.579. The highest BCUT2D eigenvalue weighted by molar-refractivity contribution is 5.80. The van der Waals surface area contributed by atoms with Crippen molar-refractivity contribution >= 4 is 5.91 Å². The summed E-state index contributed by atoms with van der Waals surface area (Å²) in [5, 5.41) is 7.18. The minimum atomic E-state index is 0.0339. The van der Waals surface area contributed by atoms with Crippen LogP contribution in [0.3, 0.4) is 0 Å². The fourth-order valence-corrected chi connectivity index (χ4v) is 3.70. The van der Waals surface area contributed by atoms with E-state index in [1.54, 1.807) is 0 Å². The lowest BCUT2D eigenvalue weighted by Crippen LogP contribution is -2.33. The minimum absolute atomic E-state index is 0.0339. The fourth-order valence-electron chi connectivity index (χ4n) is 3.70. The van der Waals surface area contributed by atoms with E-state index in [-0.39, 0.29) is 11.9 Å². The Labute approximate surface area is 154 Å². The van der Waals surface area contributed by atoms with E-state index in [0.717, 1.165) is 60.0 Å². The van der Waals surface area contributed by atoms with Crippen LogP contribution in [-0.2, 0) is 17.8 Å². The van der Waals surface area contributed by atoms with E-state index in [0.29, 0.717) is 6.42 Å². The standard InChI is InChI=1S/C19H28N6O/c1-12-16(13(2)23-22-12)9-18(26)25-8-6-7-17(25)19-15(11-24(4)5)10-20-14(3)21-19/h10,17H,6-9,11H2,1-5H3,(H,22,23)/t17-/m0/s1. The predicted octanol–water partition coefficient (Wildman–Crippen LogP) is 2.09. The summed E-state index contributed by atoms with van der Waals surface area (Å²) in [6.45, 7) is 7.36. The molecule has 140 valence electrons. The molecule has 7 nitrogen and oxygen atoms in total. The lowest BCUT2D eigenvalue weighted by atomic mass is 10.0. The highest BCUT2D eigenvalue weighted by Crippen LogP contribution is 2.33. The molecule has 1 saturated heterocycles. The van der Waals surface area contributed by atoms with Crippen LogP contribution in [0.15, 0.2) is 6.20 Å². The van der Waals surface area contributed by atoms with Gasteiger partial charge in [-0.2, -0.15) is 5.10 Å². The largest absolute Gasteiger partial charge is 0.334 e. The van der Waals surface area contributed by atoms with Crippen molar-refractivity contribution in [2.45, 2.75) is 52.6 Å². The number of aromatic nitrogens is 4. The van der Waals surface area contributed by atoms with Gasteiger partial charge in [-0.1, -0.05) is 0 Å². The number of H-pyrrole nitrogens is 1. The maximum atomic E-state index is 13.0. The first-order valence-electron chi connectivity index (χ1n) is 9.14. The van der Waals surface area contributed by atoms with Crippen molar-refractivity contribution in [3.63, 3.8) is 0 Å². The third-order valence-electron chi connectivity index (χ3n) is 5.00. The van der Waals surface area contributed by atoms with Gasteiger partial charge < -0.3 is 9.80 Å². The molecule has 1 aliphatic heterocycles. The van der Waals surface area contributed by atoms with Gasteiger partial charge in [0.15, 0.2) is 0 Å². The number of carbonyl (C=O) groups is 1. The Morgan fingerprint density at radius 3 is 2.77 bits per heavy atom. The van der Waals surface area contributed by atoms with Crippen molar-refractivity contribution in [1.82, 2.24) is 30.0 Å². The van der Waals surface area contributed by atoms with Gasteiger partial charge in [-0.05, 0) is 47.7 Å². The molecule has 0 aromatic carbocycles. The number of hydrogen-bond donors (Lipinski definition) is 1. The molecule has 0 unspecified atom stereocenters. The Kier molecular flexibility index (Phi) is 5.36. The minimum Gasteiger partial charge on any atom is -0.334 e. The highest BCUT2D eigenvalue weighted by Gasteiger charge is 2.33. The van der Waals surface area contributed by atoms with E-state index in [9.17, 15) is 4.79 Å². The number of aryl methyl sites for hydroxylation is 3. The topological polar surface area (TPSA) is 78.0 Å². The normalized spacial score (nSPS) is 17.3. The first-order valence-corrected chi connectivity index (χ1v) is 9.14. The molecule has 1 fully saturated rings.